The molecule has 2 aromatic rings. The average Bonchev–Trinajstić information content (AvgIpc) is 3.20. The zero-order chi connectivity index (χ0) is 19.4. The number of halogens is 4. The summed E-state index contributed by atoms with van der Waals surface area (Å²) in [5, 5.41) is 4.47. The fourth-order valence-electron chi connectivity index (χ4n) is 2.99. The van der Waals surface area contributed by atoms with Crippen LogP contribution in [0.25, 0.3) is 5.69 Å². The van der Waals surface area contributed by atoms with E-state index in [1.807, 2.05) is 0 Å². The van der Waals surface area contributed by atoms with Crippen LogP contribution in [-0.4, -0.2) is 35.1 Å². The van der Waals surface area contributed by atoms with E-state index in [2.05, 4.69) is 9.84 Å². The van der Waals surface area contributed by atoms with Crippen LogP contribution in [0.1, 0.15) is 29.8 Å². The van der Waals surface area contributed by atoms with E-state index in [9.17, 15) is 22.4 Å². The van der Waals surface area contributed by atoms with E-state index >= 15 is 0 Å². The van der Waals surface area contributed by atoms with Crippen molar-refractivity contribution in [3.05, 3.63) is 47.0 Å². The number of alkyl halides is 3. The van der Waals surface area contributed by atoms with Crippen LogP contribution < -0.4 is 0 Å². The van der Waals surface area contributed by atoms with Crippen molar-refractivity contribution in [2.75, 3.05) is 13.2 Å². The fourth-order valence-corrected chi connectivity index (χ4v) is 2.99. The Labute approximate surface area is 152 Å². The molecule has 1 aromatic carbocycles. The number of fused-ring (bicyclic) bond motifs is 1. The predicted octanol–water partition coefficient (Wildman–Crippen LogP) is 3.51. The smallest absolute Gasteiger partial charge is 0.411 e. The van der Waals surface area contributed by atoms with Crippen molar-refractivity contribution in [1.82, 2.24) is 9.78 Å². The highest BCUT2D eigenvalue weighted by Crippen LogP contribution is 2.28. The second-order valence-corrected chi connectivity index (χ2v) is 6.19. The summed E-state index contributed by atoms with van der Waals surface area (Å²) in [7, 11) is 0. The summed E-state index contributed by atoms with van der Waals surface area (Å²) in [4.78, 5) is 11.7. The minimum Gasteiger partial charge on any atom is -0.459 e. The maximum atomic E-state index is 13.1. The minimum atomic E-state index is -4.42. The summed E-state index contributed by atoms with van der Waals surface area (Å²) in [5.74, 6) is -0.996. The highest BCUT2D eigenvalue weighted by molar-refractivity contribution is 5.69. The summed E-state index contributed by atoms with van der Waals surface area (Å²) >= 11 is 0. The number of rotatable bonds is 7. The van der Waals surface area contributed by atoms with Crippen molar-refractivity contribution in [2.45, 2.75) is 38.5 Å². The Morgan fingerprint density at radius 3 is 2.63 bits per heavy atom. The van der Waals surface area contributed by atoms with Crippen LogP contribution >= 0.6 is 0 Å². The number of hydrogen-bond acceptors (Lipinski definition) is 4. The van der Waals surface area contributed by atoms with E-state index in [1.165, 1.54) is 12.1 Å². The average molecular weight is 386 g/mol. The fraction of sp³-hybridized carbons (Fsp3) is 0.444. The van der Waals surface area contributed by atoms with Crippen LogP contribution in [0.2, 0.25) is 0 Å². The molecule has 0 spiro atoms. The standard InChI is InChI=1S/C18H18F4N2O3/c19-12-4-6-13(7-5-12)24-16-3-1-2-14(16)15(23-24)10-27-17(25)8-9-26-11-18(20,21)22/h4-7H,1-3,8-11H2. The van der Waals surface area contributed by atoms with Gasteiger partial charge in [-0.3, -0.25) is 4.79 Å². The van der Waals surface area contributed by atoms with Gasteiger partial charge in [-0.25, -0.2) is 9.07 Å². The first-order valence-electron chi connectivity index (χ1n) is 8.49. The van der Waals surface area contributed by atoms with E-state index in [0.717, 1.165) is 30.5 Å². The number of carbonyl (C=O) groups excluding carboxylic acids is 1. The second kappa shape index (κ2) is 8.08. The van der Waals surface area contributed by atoms with E-state index in [1.54, 1.807) is 16.8 Å². The van der Waals surface area contributed by atoms with Crippen LogP contribution in [0.3, 0.4) is 0 Å². The van der Waals surface area contributed by atoms with Gasteiger partial charge in [0.05, 0.1) is 18.7 Å². The molecular formula is C18H18F4N2O3. The number of hydrogen-bond donors (Lipinski definition) is 0. The van der Waals surface area contributed by atoms with Gasteiger partial charge in [-0.1, -0.05) is 0 Å². The molecule has 5 nitrogen and oxygen atoms in total. The molecule has 9 heteroatoms. The molecular weight excluding hydrogens is 368 g/mol. The monoisotopic (exact) mass is 386 g/mol. The maximum absolute atomic E-state index is 13.1. The molecule has 0 saturated heterocycles. The molecule has 0 fully saturated rings. The van der Waals surface area contributed by atoms with Gasteiger partial charge in [-0.05, 0) is 43.5 Å². The van der Waals surface area contributed by atoms with Gasteiger partial charge in [0.1, 0.15) is 24.7 Å². The Balaban J connectivity index is 1.59. The van der Waals surface area contributed by atoms with Gasteiger partial charge in [-0.2, -0.15) is 18.3 Å². The molecule has 0 N–H and O–H groups in total. The molecule has 1 aliphatic rings. The molecule has 1 heterocycles. The lowest BCUT2D eigenvalue weighted by Crippen LogP contribution is -2.18. The Morgan fingerprint density at radius 1 is 1.19 bits per heavy atom. The molecule has 0 bridgehead atoms. The summed E-state index contributed by atoms with van der Waals surface area (Å²) < 4.78 is 60.3. The largest absolute Gasteiger partial charge is 0.459 e. The van der Waals surface area contributed by atoms with Crippen LogP contribution in [-0.2, 0) is 33.7 Å². The van der Waals surface area contributed by atoms with E-state index in [0.29, 0.717) is 11.4 Å². The topological polar surface area (TPSA) is 53.4 Å². The van der Waals surface area contributed by atoms with Crippen molar-refractivity contribution in [2.24, 2.45) is 0 Å². The van der Waals surface area contributed by atoms with Crippen molar-refractivity contribution < 1.29 is 31.8 Å². The lowest BCUT2D eigenvalue weighted by Gasteiger charge is -2.07. The molecule has 0 unspecified atom stereocenters. The van der Waals surface area contributed by atoms with Crippen molar-refractivity contribution in [1.29, 1.82) is 0 Å². The summed E-state index contributed by atoms with van der Waals surface area (Å²) in [6, 6.07) is 5.93. The molecule has 27 heavy (non-hydrogen) atoms. The number of esters is 1. The summed E-state index contributed by atoms with van der Waals surface area (Å²) in [6.45, 7) is -1.81. The Hall–Kier alpha value is -2.42. The van der Waals surface area contributed by atoms with Gasteiger partial charge in [0.2, 0.25) is 0 Å². The summed E-state index contributed by atoms with van der Waals surface area (Å²) in [6.07, 6.45) is -2.12. The number of nitrogens with zero attached hydrogens (tertiary/aromatic N) is 2. The molecule has 3 rings (SSSR count). The minimum absolute atomic E-state index is 0.0609. The zero-order valence-corrected chi connectivity index (χ0v) is 14.4. The normalized spacial score (nSPS) is 13.6. The second-order valence-electron chi connectivity index (χ2n) is 6.19. The lowest BCUT2D eigenvalue weighted by atomic mass is 10.2. The molecule has 0 saturated carbocycles. The maximum Gasteiger partial charge on any atom is 0.411 e. The quantitative estimate of drug-likeness (QED) is 0.415. The first-order valence-corrected chi connectivity index (χ1v) is 8.49. The first kappa shape index (κ1) is 19.3. The first-order chi connectivity index (χ1) is 12.8. The number of aromatic nitrogens is 2. The van der Waals surface area contributed by atoms with Crippen LogP contribution in [0.5, 0.6) is 0 Å². The molecule has 146 valence electrons. The van der Waals surface area contributed by atoms with Crippen molar-refractivity contribution in [3.8, 4) is 5.69 Å². The molecule has 0 amide bonds. The highest BCUT2D eigenvalue weighted by Gasteiger charge is 2.27. The Bertz CT molecular complexity index is 800. The molecule has 1 aromatic heterocycles. The van der Waals surface area contributed by atoms with Gasteiger partial charge in [0.15, 0.2) is 0 Å². The third-order valence-corrected chi connectivity index (χ3v) is 4.17. The number of benzene rings is 1. The van der Waals surface area contributed by atoms with Crippen LogP contribution in [0.4, 0.5) is 17.6 Å². The molecule has 0 aliphatic heterocycles. The predicted molar refractivity (Wildman–Crippen MR) is 86.8 cm³/mol. The van der Waals surface area contributed by atoms with Gasteiger partial charge < -0.3 is 9.47 Å². The molecule has 0 atom stereocenters. The number of carbonyl (C=O) groups is 1. The molecule has 0 radical (unpaired) electrons. The third-order valence-electron chi connectivity index (χ3n) is 4.17. The zero-order valence-electron chi connectivity index (χ0n) is 14.4. The van der Waals surface area contributed by atoms with Gasteiger partial charge in [0.25, 0.3) is 0 Å². The van der Waals surface area contributed by atoms with E-state index < -0.39 is 18.8 Å². The Morgan fingerprint density at radius 2 is 1.93 bits per heavy atom. The third kappa shape index (κ3) is 5.06. The van der Waals surface area contributed by atoms with Crippen LogP contribution in [0.15, 0.2) is 24.3 Å². The Kier molecular flexibility index (Phi) is 5.79. The van der Waals surface area contributed by atoms with Crippen molar-refractivity contribution >= 4 is 5.97 Å². The SMILES string of the molecule is O=C(CCOCC(F)(F)F)OCc1nn(-c2ccc(F)cc2)c2c1CCC2. The summed E-state index contributed by atoms with van der Waals surface area (Å²) in [5.41, 5.74) is 3.32. The lowest BCUT2D eigenvalue weighted by molar-refractivity contribution is -0.176. The van der Waals surface area contributed by atoms with E-state index in [4.69, 9.17) is 4.74 Å². The van der Waals surface area contributed by atoms with Gasteiger partial charge >= 0.3 is 12.1 Å². The molecule has 1 aliphatic carbocycles. The van der Waals surface area contributed by atoms with Gasteiger partial charge in [0, 0.05) is 11.3 Å². The van der Waals surface area contributed by atoms with E-state index in [-0.39, 0.29) is 25.5 Å². The number of ether oxygens (including phenoxy) is 2. The highest BCUT2D eigenvalue weighted by atomic mass is 19.4. The van der Waals surface area contributed by atoms with Crippen LogP contribution in [0, 0.1) is 5.82 Å². The van der Waals surface area contributed by atoms with Crippen molar-refractivity contribution in [3.63, 3.8) is 0 Å². The van der Waals surface area contributed by atoms with Gasteiger partial charge in [-0.15, -0.1) is 0 Å².